The molecule has 3 rings (SSSR count). The highest BCUT2D eigenvalue weighted by atomic mass is 16.5. The molecule has 0 unspecified atom stereocenters. The molecule has 2 aromatic heterocycles. The number of nitrogens with zero attached hydrogens (tertiary/aromatic N) is 3. The van der Waals surface area contributed by atoms with E-state index in [0.29, 0.717) is 17.6 Å². The lowest BCUT2D eigenvalue weighted by Crippen LogP contribution is -2.41. The van der Waals surface area contributed by atoms with Crippen LogP contribution in [0.3, 0.4) is 0 Å². The molecule has 1 aliphatic rings. The smallest absolute Gasteiger partial charge is 0.319 e. The van der Waals surface area contributed by atoms with E-state index in [9.17, 15) is 4.79 Å². The molecule has 7 nitrogen and oxygen atoms in total. The molecule has 2 amide bonds. The molecule has 1 atom stereocenters. The molecule has 0 fully saturated rings. The maximum Gasteiger partial charge on any atom is 0.319 e. The summed E-state index contributed by atoms with van der Waals surface area (Å²) in [5, 5.41) is 10.3. The molecule has 0 saturated heterocycles. The van der Waals surface area contributed by atoms with Gasteiger partial charge in [0.15, 0.2) is 0 Å². The number of aryl methyl sites for hydroxylation is 1. The van der Waals surface area contributed by atoms with Gasteiger partial charge in [0.25, 0.3) is 0 Å². The summed E-state index contributed by atoms with van der Waals surface area (Å²) in [6.45, 7) is 4.23. The number of nitrogens with one attached hydrogen (secondary N) is 2. The van der Waals surface area contributed by atoms with E-state index in [-0.39, 0.29) is 12.1 Å². The number of amides is 2. The van der Waals surface area contributed by atoms with Gasteiger partial charge in [0.05, 0.1) is 13.3 Å². The molecule has 0 spiro atoms. The van der Waals surface area contributed by atoms with Crippen LogP contribution < -0.4 is 15.4 Å². The topological polar surface area (TPSA) is 81.1 Å². The Labute approximate surface area is 141 Å². The molecule has 0 aliphatic heterocycles. The highest BCUT2D eigenvalue weighted by Gasteiger charge is 2.24. The first-order chi connectivity index (χ1) is 11.6. The minimum absolute atomic E-state index is 0.0920. The van der Waals surface area contributed by atoms with E-state index in [1.807, 2.05) is 10.9 Å². The molecule has 2 N–H and O–H groups in total. The van der Waals surface area contributed by atoms with Gasteiger partial charge in [-0.1, -0.05) is 0 Å². The molecule has 0 radical (unpaired) electrons. The van der Waals surface area contributed by atoms with Gasteiger partial charge in [-0.05, 0) is 44.4 Å². The predicted octanol–water partition coefficient (Wildman–Crippen LogP) is 2.55. The van der Waals surface area contributed by atoms with Crippen molar-refractivity contribution in [2.24, 2.45) is 0 Å². The van der Waals surface area contributed by atoms with Gasteiger partial charge >= 0.3 is 6.03 Å². The highest BCUT2D eigenvalue weighted by molar-refractivity contribution is 5.90. The fraction of sp³-hybridized carbons (Fsp3) is 0.471. The van der Waals surface area contributed by atoms with Crippen molar-refractivity contribution in [1.29, 1.82) is 0 Å². The van der Waals surface area contributed by atoms with Gasteiger partial charge in [-0.3, -0.25) is 4.68 Å². The predicted molar refractivity (Wildman–Crippen MR) is 91.4 cm³/mol. The average molecular weight is 329 g/mol. The van der Waals surface area contributed by atoms with Gasteiger partial charge in [0.2, 0.25) is 5.88 Å². The van der Waals surface area contributed by atoms with Gasteiger partial charge in [-0.15, -0.1) is 0 Å². The summed E-state index contributed by atoms with van der Waals surface area (Å²) < 4.78 is 7.20. The van der Waals surface area contributed by atoms with Crippen LogP contribution in [0.5, 0.6) is 5.88 Å². The monoisotopic (exact) mass is 329 g/mol. The summed E-state index contributed by atoms with van der Waals surface area (Å²) in [7, 11) is 1.53. The summed E-state index contributed by atoms with van der Waals surface area (Å²) >= 11 is 0. The first-order valence-corrected chi connectivity index (χ1v) is 8.20. The van der Waals surface area contributed by atoms with E-state index in [4.69, 9.17) is 4.74 Å². The van der Waals surface area contributed by atoms with Gasteiger partial charge in [0, 0.05) is 30.4 Å². The van der Waals surface area contributed by atoms with Crippen LogP contribution in [0.2, 0.25) is 0 Å². The standard InChI is InChI=1S/C17H23N5O2/c1-11(2)22-15-9-13(7-6-12(15)10-19-22)20-17(23)21-14-5-4-8-18-16(14)24-3/h4-5,8,10-11,13H,6-7,9H2,1-3H3,(H2,20,21,23)/t13-/m1/s1. The number of hydrogen-bond acceptors (Lipinski definition) is 4. The van der Waals surface area contributed by atoms with Crippen LogP contribution in [0.25, 0.3) is 0 Å². The first-order valence-electron chi connectivity index (χ1n) is 8.20. The molecule has 1 aliphatic carbocycles. The third kappa shape index (κ3) is 3.34. The van der Waals surface area contributed by atoms with Crippen LogP contribution in [-0.4, -0.2) is 33.9 Å². The number of hydrogen-bond donors (Lipinski definition) is 2. The number of fused-ring (bicyclic) bond motifs is 1. The van der Waals surface area contributed by atoms with Crippen LogP contribution in [0.1, 0.15) is 37.6 Å². The lowest BCUT2D eigenvalue weighted by Gasteiger charge is -2.25. The number of ether oxygens (including phenoxy) is 1. The van der Waals surface area contributed by atoms with Crippen LogP contribution in [0.15, 0.2) is 24.5 Å². The Bertz CT molecular complexity index is 726. The second-order valence-corrected chi connectivity index (χ2v) is 6.25. The molecule has 2 heterocycles. The minimum Gasteiger partial charge on any atom is -0.480 e. The van der Waals surface area contributed by atoms with Crippen molar-refractivity contribution in [3.8, 4) is 5.88 Å². The lowest BCUT2D eigenvalue weighted by atomic mass is 9.93. The summed E-state index contributed by atoms with van der Waals surface area (Å²) in [5.74, 6) is 0.400. The van der Waals surface area contributed by atoms with Crippen LogP contribution in [-0.2, 0) is 12.8 Å². The normalized spacial score (nSPS) is 16.6. The molecule has 0 saturated carbocycles. The van der Waals surface area contributed by atoms with E-state index in [0.717, 1.165) is 19.3 Å². The number of rotatable bonds is 4. The molecular formula is C17H23N5O2. The van der Waals surface area contributed by atoms with Crippen molar-refractivity contribution in [1.82, 2.24) is 20.1 Å². The van der Waals surface area contributed by atoms with Crippen molar-refractivity contribution in [3.63, 3.8) is 0 Å². The molecule has 7 heteroatoms. The van der Waals surface area contributed by atoms with E-state index in [1.165, 1.54) is 18.4 Å². The molecular weight excluding hydrogens is 306 g/mol. The highest BCUT2D eigenvalue weighted by Crippen LogP contribution is 2.24. The number of anilines is 1. The first kappa shape index (κ1) is 16.3. The largest absolute Gasteiger partial charge is 0.480 e. The van der Waals surface area contributed by atoms with Crippen LogP contribution in [0.4, 0.5) is 10.5 Å². The Morgan fingerprint density at radius 2 is 2.29 bits per heavy atom. The number of aromatic nitrogens is 3. The van der Waals surface area contributed by atoms with Gasteiger partial charge in [0.1, 0.15) is 5.69 Å². The fourth-order valence-electron chi connectivity index (χ4n) is 3.08. The lowest BCUT2D eigenvalue weighted by molar-refractivity contribution is 0.246. The van der Waals surface area contributed by atoms with E-state index < -0.39 is 0 Å². The number of methoxy groups -OCH3 is 1. The number of urea groups is 1. The number of pyridine rings is 1. The fourth-order valence-corrected chi connectivity index (χ4v) is 3.08. The summed E-state index contributed by atoms with van der Waals surface area (Å²) in [5.41, 5.74) is 3.07. The summed E-state index contributed by atoms with van der Waals surface area (Å²) in [6, 6.07) is 3.69. The number of carbonyl (C=O) groups is 1. The van der Waals surface area contributed by atoms with Gasteiger partial charge in [-0.2, -0.15) is 5.10 Å². The Morgan fingerprint density at radius 1 is 1.46 bits per heavy atom. The maximum absolute atomic E-state index is 12.3. The van der Waals surface area contributed by atoms with Crippen molar-refractivity contribution in [2.75, 3.05) is 12.4 Å². The SMILES string of the molecule is COc1ncccc1NC(=O)N[C@@H]1CCc2cnn(C(C)C)c2C1. The number of carbonyl (C=O) groups excluding carboxylic acids is 1. The molecule has 128 valence electrons. The Morgan fingerprint density at radius 3 is 3.04 bits per heavy atom. The zero-order valence-electron chi connectivity index (χ0n) is 14.2. The Hall–Kier alpha value is -2.57. The van der Waals surface area contributed by atoms with E-state index >= 15 is 0 Å². The Balaban J connectivity index is 1.64. The van der Waals surface area contributed by atoms with Crippen LogP contribution >= 0.6 is 0 Å². The molecule has 2 aromatic rings. The third-order valence-corrected chi connectivity index (χ3v) is 4.22. The van der Waals surface area contributed by atoms with Crippen molar-refractivity contribution in [3.05, 3.63) is 35.8 Å². The third-order valence-electron chi connectivity index (χ3n) is 4.22. The van der Waals surface area contributed by atoms with Gasteiger partial charge in [-0.25, -0.2) is 9.78 Å². The molecule has 24 heavy (non-hydrogen) atoms. The molecule has 0 bridgehead atoms. The quantitative estimate of drug-likeness (QED) is 0.903. The summed E-state index contributed by atoms with van der Waals surface area (Å²) in [6.07, 6.45) is 6.21. The van der Waals surface area contributed by atoms with E-state index in [1.54, 1.807) is 18.3 Å². The van der Waals surface area contributed by atoms with Crippen molar-refractivity contribution < 1.29 is 9.53 Å². The van der Waals surface area contributed by atoms with E-state index in [2.05, 4.69) is 34.6 Å². The maximum atomic E-state index is 12.3. The van der Waals surface area contributed by atoms with Crippen molar-refractivity contribution in [2.45, 2.75) is 45.2 Å². The molecule has 0 aromatic carbocycles. The second-order valence-electron chi connectivity index (χ2n) is 6.25. The summed E-state index contributed by atoms with van der Waals surface area (Å²) in [4.78, 5) is 16.4. The Kier molecular flexibility index (Phi) is 4.69. The van der Waals surface area contributed by atoms with Crippen LogP contribution in [0, 0.1) is 0 Å². The van der Waals surface area contributed by atoms with Gasteiger partial charge < -0.3 is 15.4 Å². The minimum atomic E-state index is -0.245. The van der Waals surface area contributed by atoms with Crippen molar-refractivity contribution >= 4 is 11.7 Å². The zero-order valence-corrected chi connectivity index (χ0v) is 14.2. The average Bonchev–Trinajstić information content (AvgIpc) is 2.98. The second kappa shape index (κ2) is 6.90. The zero-order chi connectivity index (χ0) is 17.1.